The zero-order valence-corrected chi connectivity index (χ0v) is 13.3. The van der Waals surface area contributed by atoms with Crippen LogP contribution in [-0.2, 0) is 16.0 Å². The van der Waals surface area contributed by atoms with Gasteiger partial charge in [0.25, 0.3) is 5.56 Å². The Bertz CT molecular complexity index is 793. The third-order valence-electron chi connectivity index (χ3n) is 2.89. The number of carbonyl (C=O) groups is 2. The fourth-order valence-electron chi connectivity index (χ4n) is 1.75. The number of para-hydroxylation sites is 1. The van der Waals surface area contributed by atoms with E-state index in [9.17, 15) is 14.4 Å². The van der Waals surface area contributed by atoms with Crippen molar-refractivity contribution < 1.29 is 14.7 Å². The molecule has 10 heteroatoms. The standard InChI is InChI=1S/C14H15N5O4S/c15-19-13(23)10(6-7-12(21)22)17-18-14(19)24-8-11(20)16-9-4-2-1-3-5-9/h1-5H,6-8,15H2,(H,16,20)(H,21,22). The molecule has 0 bridgehead atoms. The van der Waals surface area contributed by atoms with Crippen molar-refractivity contribution in [2.45, 2.75) is 18.0 Å². The van der Waals surface area contributed by atoms with Gasteiger partial charge >= 0.3 is 5.97 Å². The summed E-state index contributed by atoms with van der Waals surface area (Å²) in [6.07, 6.45) is -0.298. The maximum Gasteiger partial charge on any atom is 0.303 e. The summed E-state index contributed by atoms with van der Waals surface area (Å²) < 4.78 is 0.768. The molecule has 0 radical (unpaired) electrons. The Balaban J connectivity index is 1.97. The number of nitrogens with one attached hydrogen (secondary N) is 1. The Hall–Kier alpha value is -2.88. The van der Waals surface area contributed by atoms with Gasteiger partial charge in [0.2, 0.25) is 11.1 Å². The quantitative estimate of drug-likeness (QED) is 0.472. The molecule has 2 aromatic rings. The first-order chi connectivity index (χ1) is 11.5. The number of amides is 1. The van der Waals surface area contributed by atoms with E-state index in [1.165, 1.54) is 0 Å². The van der Waals surface area contributed by atoms with Crippen molar-refractivity contribution in [2.24, 2.45) is 0 Å². The number of nitrogens with two attached hydrogens (primary N) is 1. The van der Waals surface area contributed by atoms with Crippen molar-refractivity contribution in [3.63, 3.8) is 0 Å². The van der Waals surface area contributed by atoms with Crippen LogP contribution >= 0.6 is 11.8 Å². The average Bonchev–Trinajstić information content (AvgIpc) is 2.56. The minimum atomic E-state index is -1.05. The number of thioether (sulfide) groups is 1. The van der Waals surface area contributed by atoms with Crippen molar-refractivity contribution in [2.75, 3.05) is 16.9 Å². The molecule has 2 rings (SSSR count). The van der Waals surface area contributed by atoms with Crippen molar-refractivity contribution in [3.8, 4) is 0 Å². The Morgan fingerprint density at radius 2 is 1.96 bits per heavy atom. The molecule has 0 saturated carbocycles. The van der Waals surface area contributed by atoms with Crippen LogP contribution < -0.4 is 16.7 Å². The van der Waals surface area contributed by atoms with E-state index in [1.54, 1.807) is 24.3 Å². The molecular formula is C14H15N5O4S. The molecule has 0 aliphatic rings. The summed E-state index contributed by atoms with van der Waals surface area (Å²) >= 11 is 0.958. The lowest BCUT2D eigenvalue weighted by atomic mass is 10.2. The fourth-order valence-corrected chi connectivity index (χ4v) is 2.40. The molecule has 0 spiro atoms. The molecule has 1 aromatic heterocycles. The number of carbonyl (C=O) groups excluding carboxylic acids is 1. The van der Waals surface area contributed by atoms with Crippen molar-refractivity contribution >= 4 is 29.3 Å². The van der Waals surface area contributed by atoms with Gasteiger partial charge in [-0.15, -0.1) is 10.2 Å². The van der Waals surface area contributed by atoms with Crippen LogP contribution in [0.5, 0.6) is 0 Å². The largest absolute Gasteiger partial charge is 0.481 e. The zero-order valence-electron chi connectivity index (χ0n) is 12.5. The van der Waals surface area contributed by atoms with E-state index in [0.717, 1.165) is 16.4 Å². The summed E-state index contributed by atoms with van der Waals surface area (Å²) in [5, 5.41) is 18.8. The van der Waals surface area contributed by atoms with Crippen LogP contribution in [-0.4, -0.2) is 37.6 Å². The lowest BCUT2D eigenvalue weighted by Gasteiger charge is -2.07. The average molecular weight is 349 g/mol. The first-order valence-electron chi connectivity index (χ1n) is 6.90. The van der Waals surface area contributed by atoms with Crippen LogP contribution in [0.4, 0.5) is 5.69 Å². The molecule has 1 aromatic carbocycles. The summed E-state index contributed by atoms with van der Waals surface area (Å²) in [6.45, 7) is 0. The van der Waals surface area contributed by atoms with Crippen LogP contribution in [0.3, 0.4) is 0 Å². The maximum absolute atomic E-state index is 12.0. The molecule has 0 aliphatic carbocycles. The van der Waals surface area contributed by atoms with Crippen molar-refractivity contribution in [1.82, 2.24) is 14.9 Å². The SMILES string of the molecule is Nn1c(SCC(=O)Nc2ccccc2)nnc(CCC(=O)O)c1=O. The van der Waals surface area contributed by atoms with Gasteiger partial charge in [0.15, 0.2) is 0 Å². The van der Waals surface area contributed by atoms with Crippen LogP contribution in [0.1, 0.15) is 12.1 Å². The van der Waals surface area contributed by atoms with Crippen LogP contribution in [0.2, 0.25) is 0 Å². The number of rotatable bonds is 7. The zero-order chi connectivity index (χ0) is 17.5. The molecule has 0 atom stereocenters. The molecule has 0 aliphatic heterocycles. The summed E-state index contributed by atoms with van der Waals surface area (Å²) in [5.74, 6) is 4.30. The van der Waals surface area contributed by atoms with E-state index in [0.29, 0.717) is 5.69 Å². The van der Waals surface area contributed by atoms with Crippen LogP contribution in [0, 0.1) is 0 Å². The highest BCUT2D eigenvalue weighted by atomic mass is 32.2. The van der Waals surface area contributed by atoms with E-state index < -0.39 is 11.5 Å². The van der Waals surface area contributed by atoms with Gasteiger partial charge in [0.1, 0.15) is 5.69 Å². The van der Waals surface area contributed by atoms with Gasteiger partial charge < -0.3 is 16.3 Å². The summed E-state index contributed by atoms with van der Waals surface area (Å²) in [4.78, 5) is 34.3. The van der Waals surface area contributed by atoms with Gasteiger partial charge in [-0.25, -0.2) is 0 Å². The van der Waals surface area contributed by atoms with Gasteiger partial charge in [-0.1, -0.05) is 30.0 Å². The highest BCUT2D eigenvalue weighted by molar-refractivity contribution is 7.99. The number of aliphatic carboxylic acids is 1. The number of anilines is 1. The van der Waals surface area contributed by atoms with E-state index >= 15 is 0 Å². The number of nitrogens with zero attached hydrogens (tertiary/aromatic N) is 3. The third kappa shape index (κ3) is 4.81. The predicted octanol–water partition coefficient (Wildman–Crippen LogP) is 0.100. The Kier molecular flexibility index (Phi) is 5.90. The second-order valence-electron chi connectivity index (χ2n) is 4.70. The molecule has 0 saturated heterocycles. The first-order valence-corrected chi connectivity index (χ1v) is 7.89. The number of aryl methyl sites for hydroxylation is 1. The van der Waals surface area contributed by atoms with Crippen LogP contribution in [0.15, 0.2) is 40.3 Å². The van der Waals surface area contributed by atoms with E-state index in [2.05, 4.69) is 15.5 Å². The Morgan fingerprint density at radius 1 is 1.25 bits per heavy atom. The number of carboxylic acids is 1. The number of aromatic nitrogens is 3. The van der Waals surface area contributed by atoms with Gasteiger partial charge in [-0.3, -0.25) is 14.4 Å². The number of benzene rings is 1. The number of carboxylic acid groups (broad SMARTS) is 1. The molecule has 126 valence electrons. The minimum Gasteiger partial charge on any atom is -0.481 e. The number of hydrogen-bond donors (Lipinski definition) is 3. The van der Waals surface area contributed by atoms with Gasteiger partial charge in [0, 0.05) is 12.1 Å². The summed E-state index contributed by atoms with van der Waals surface area (Å²) in [5.41, 5.74) is -0.00135. The lowest BCUT2D eigenvalue weighted by Crippen LogP contribution is -2.34. The van der Waals surface area contributed by atoms with Crippen molar-refractivity contribution in [1.29, 1.82) is 0 Å². The molecule has 1 amide bonds. The fraction of sp³-hybridized carbons (Fsp3) is 0.214. The van der Waals surface area contributed by atoms with E-state index in [4.69, 9.17) is 10.9 Å². The molecule has 4 N–H and O–H groups in total. The molecule has 9 nitrogen and oxygen atoms in total. The summed E-state index contributed by atoms with van der Waals surface area (Å²) in [7, 11) is 0. The van der Waals surface area contributed by atoms with Gasteiger partial charge in [0.05, 0.1) is 12.2 Å². The second-order valence-corrected chi connectivity index (χ2v) is 5.64. The Morgan fingerprint density at radius 3 is 2.62 bits per heavy atom. The molecule has 24 heavy (non-hydrogen) atoms. The monoisotopic (exact) mass is 349 g/mol. The molecule has 0 fully saturated rings. The number of nitrogen functional groups attached to an aromatic ring is 1. The van der Waals surface area contributed by atoms with Crippen LogP contribution in [0.25, 0.3) is 0 Å². The normalized spacial score (nSPS) is 10.3. The second kappa shape index (κ2) is 8.11. The molecule has 0 unspecified atom stereocenters. The highest BCUT2D eigenvalue weighted by Gasteiger charge is 2.13. The Labute approximate surface area is 140 Å². The minimum absolute atomic E-state index is 0.00527. The molecular weight excluding hydrogens is 334 g/mol. The summed E-state index contributed by atoms with van der Waals surface area (Å²) in [6, 6.07) is 8.92. The van der Waals surface area contributed by atoms with Crippen molar-refractivity contribution in [3.05, 3.63) is 46.4 Å². The van der Waals surface area contributed by atoms with E-state index in [-0.39, 0.29) is 35.4 Å². The topological polar surface area (TPSA) is 140 Å². The first kappa shape index (κ1) is 17.5. The lowest BCUT2D eigenvalue weighted by molar-refractivity contribution is -0.137. The van der Waals surface area contributed by atoms with E-state index in [1.807, 2.05) is 6.07 Å². The number of hydrogen-bond acceptors (Lipinski definition) is 7. The predicted molar refractivity (Wildman–Crippen MR) is 88.2 cm³/mol. The molecule has 1 heterocycles. The maximum atomic E-state index is 12.0. The smallest absolute Gasteiger partial charge is 0.303 e. The highest BCUT2D eigenvalue weighted by Crippen LogP contribution is 2.13. The van der Waals surface area contributed by atoms with Gasteiger partial charge in [-0.2, -0.15) is 4.68 Å². The third-order valence-corrected chi connectivity index (χ3v) is 3.84. The van der Waals surface area contributed by atoms with Gasteiger partial charge in [-0.05, 0) is 12.1 Å².